The van der Waals surface area contributed by atoms with Crippen LogP contribution in [0.2, 0.25) is 0 Å². The number of hydrogen-bond acceptors (Lipinski definition) is 4. The fourth-order valence-corrected chi connectivity index (χ4v) is 2.97. The summed E-state index contributed by atoms with van der Waals surface area (Å²) in [5.41, 5.74) is 5.55. The molecular weight excluding hydrogens is 327 g/mol. The van der Waals surface area contributed by atoms with Gasteiger partial charge in [-0.25, -0.2) is 4.39 Å². The molecule has 2 N–H and O–H groups in total. The Balaban J connectivity index is 1.92. The van der Waals surface area contributed by atoms with Gasteiger partial charge in [-0.1, -0.05) is 12.8 Å². The Morgan fingerprint density at radius 1 is 1.16 bits per heavy atom. The van der Waals surface area contributed by atoms with Crippen molar-refractivity contribution < 1.29 is 23.5 Å². The second-order valence-electron chi connectivity index (χ2n) is 6.25. The molecule has 0 unspecified atom stereocenters. The van der Waals surface area contributed by atoms with E-state index >= 15 is 0 Å². The molecule has 0 radical (unpaired) electrons. The summed E-state index contributed by atoms with van der Waals surface area (Å²) in [6.45, 7) is -0.373. The minimum absolute atomic E-state index is 0.0416. The lowest BCUT2D eigenvalue weighted by atomic mass is 10.0. The maximum Gasteiger partial charge on any atom is 0.306 e. The van der Waals surface area contributed by atoms with Gasteiger partial charge >= 0.3 is 5.97 Å². The van der Waals surface area contributed by atoms with Crippen molar-refractivity contribution in [2.75, 3.05) is 18.1 Å². The van der Waals surface area contributed by atoms with Gasteiger partial charge in [0.2, 0.25) is 5.91 Å². The number of amides is 2. The van der Waals surface area contributed by atoms with Crippen molar-refractivity contribution in [2.24, 2.45) is 11.7 Å². The zero-order chi connectivity index (χ0) is 18.2. The molecule has 0 aliphatic heterocycles. The average molecular weight is 350 g/mol. The Labute approximate surface area is 146 Å². The fourth-order valence-electron chi connectivity index (χ4n) is 2.97. The van der Waals surface area contributed by atoms with Crippen molar-refractivity contribution in [1.29, 1.82) is 0 Å². The SMILES string of the molecule is NC(=O)CCN(C(=O)COC(=O)CC1CCCC1)c1ccc(F)cc1. The van der Waals surface area contributed by atoms with Gasteiger partial charge in [0.15, 0.2) is 6.61 Å². The van der Waals surface area contributed by atoms with Gasteiger partial charge in [-0.15, -0.1) is 0 Å². The highest BCUT2D eigenvalue weighted by atomic mass is 19.1. The van der Waals surface area contributed by atoms with Crippen LogP contribution in [0, 0.1) is 11.7 Å². The second-order valence-corrected chi connectivity index (χ2v) is 6.25. The first kappa shape index (κ1) is 18.9. The number of anilines is 1. The quantitative estimate of drug-likeness (QED) is 0.728. The summed E-state index contributed by atoms with van der Waals surface area (Å²) >= 11 is 0. The van der Waals surface area contributed by atoms with Gasteiger partial charge < -0.3 is 15.4 Å². The average Bonchev–Trinajstić information content (AvgIpc) is 3.07. The van der Waals surface area contributed by atoms with E-state index in [9.17, 15) is 18.8 Å². The van der Waals surface area contributed by atoms with Crippen molar-refractivity contribution in [2.45, 2.75) is 38.5 Å². The maximum absolute atomic E-state index is 13.1. The summed E-state index contributed by atoms with van der Waals surface area (Å²) in [5.74, 6) is -1.53. The zero-order valence-corrected chi connectivity index (χ0v) is 14.1. The van der Waals surface area contributed by atoms with Crippen molar-refractivity contribution in [3.8, 4) is 0 Å². The van der Waals surface area contributed by atoms with Crippen molar-refractivity contribution in [3.63, 3.8) is 0 Å². The number of primary amides is 1. The molecule has 0 atom stereocenters. The predicted molar refractivity (Wildman–Crippen MR) is 90.1 cm³/mol. The van der Waals surface area contributed by atoms with Crippen molar-refractivity contribution in [3.05, 3.63) is 30.1 Å². The summed E-state index contributed by atoms with van der Waals surface area (Å²) in [4.78, 5) is 36.5. The number of rotatable bonds is 8. The third-order valence-electron chi connectivity index (χ3n) is 4.31. The molecule has 0 aromatic heterocycles. The molecule has 1 aromatic carbocycles. The van der Waals surface area contributed by atoms with Crippen LogP contribution >= 0.6 is 0 Å². The third kappa shape index (κ3) is 6.17. The molecule has 7 heteroatoms. The molecule has 6 nitrogen and oxygen atoms in total. The topological polar surface area (TPSA) is 89.7 Å². The van der Waals surface area contributed by atoms with Gasteiger partial charge in [0.05, 0.1) is 0 Å². The number of carbonyl (C=O) groups is 3. The van der Waals surface area contributed by atoms with Crippen LogP contribution in [0.25, 0.3) is 0 Å². The first-order valence-electron chi connectivity index (χ1n) is 8.45. The lowest BCUT2D eigenvalue weighted by molar-refractivity contribution is -0.148. The van der Waals surface area contributed by atoms with Gasteiger partial charge in [-0.3, -0.25) is 14.4 Å². The summed E-state index contributed by atoms with van der Waals surface area (Å²) in [5, 5.41) is 0. The van der Waals surface area contributed by atoms with E-state index in [4.69, 9.17) is 10.5 Å². The molecule has 1 fully saturated rings. The smallest absolute Gasteiger partial charge is 0.306 e. The number of nitrogens with zero attached hydrogens (tertiary/aromatic N) is 1. The lowest BCUT2D eigenvalue weighted by Crippen LogP contribution is -2.37. The molecule has 1 aromatic rings. The number of halogens is 1. The van der Waals surface area contributed by atoms with E-state index in [0.717, 1.165) is 25.7 Å². The van der Waals surface area contributed by atoms with E-state index in [-0.39, 0.29) is 13.0 Å². The monoisotopic (exact) mass is 350 g/mol. The van der Waals surface area contributed by atoms with E-state index in [0.29, 0.717) is 18.0 Å². The van der Waals surface area contributed by atoms with E-state index in [1.165, 1.54) is 29.2 Å². The lowest BCUT2D eigenvalue weighted by Gasteiger charge is -2.22. The highest BCUT2D eigenvalue weighted by Gasteiger charge is 2.22. The van der Waals surface area contributed by atoms with Crippen LogP contribution in [-0.2, 0) is 19.1 Å². The molecule has 1 aliphatic carbocycles. The van der Waals surface area contributed by atoms with Gasteiger partial charge in [0.1, 0.15) is 5.82 Å². The highest BCUT2D eigenvalue weighted by Crippen LogP contribution is 2.27. The van der Waals surface area contributed by atoms with Crippen LogP contribution in [0.5, 0.6) is 0 Å². The fraction of sp³-hybridized carbons (Fsp3) is 0.500. The first-order valence-corrected chi connectivity index (χ1v) is 8.45. The van der Waals surface area contributed by atoms with Crippen molar-refractivity contribution in [1.82, 2.24) is 0 Å². The number of nitrogens with two attached hydrogens (primary N) is 1. The molecule has 136 valence electrons. The number of carbonyl (C=O) groups excluding carboxylic acids is 3. The van der Waals surface area contributed by atoms with Crippen LogP contribution in [0.4, 0.5) is 10.1 Å². The summed E-state index contributed by atoms with van der Waals surface area (Å²) < 4.78 is 18.1. The van der Waals surface area contributed by atoms with Crippen LogP contribution in [0.1, 0.15) is 38.5 Å². The first-order chi connectivity index (χ1) is 12.0. The highest BCUT2D eigenvalue weighted by molar-refractivity contribution is 5.95. The van der Waals surface area contributed by atoms with Crippen molar-refractivity contribution >= 4 is 23.5 Å². The largest absolute Gasteiger partial charge is 0.456 e. The Morgan fingerprint density at radius 2 is 1.80 bits per heavy atom. The van der Waals surface area contributed by atoms with E-state index in [2.05, 4.69) is 0 Å². The molecule has 25 heavy (non-hydrogen) atoms. The molecule has 0 bridgehead atoms. The predicted octanol–water partition coefficient (Wildman–Crippen LogP) is 2.16. The van der Waals surface area contributed by atoms with Gasteiger partial charge in [0.25, 0.3) is 5.91 Å². The Kier molecular flexibility index (Phi) is 6.91. The molecule has 1 aliphatic rings. The number of benzene rings is 1. The van der Waals surface area contributed by atoms with E-state index < -0.39 is 30.2 Å². The van der Waals surface area contributed by atoms with Crippen LogP contribution in [0.15, 0.2) is 24.3 Å². The number of esters is 1. The number of ether oxygens (including phenoxy) is 1. The molecule has 0 saturated heterocycles. The van der Waals surface area contributed by atoms with E-state index in [1.54, 1.807) is 0 Å². The minimum Gasteiger partial charge on any atom is -0.456 e. The molecule has 0 spiro atoms. The molecule has 2 amide bonds. The zero-order valence-electron chi connectivity index (χ0n) is 14.1. The Bertz CT molecular complexity index is 612. The summed E-state index contributed by atoms with van der Waals surface area (Å²) in [6, 6.07) is 5.28. The molecular formula is C18H23FN2O4. The molecule has 2 rings (SSSR count). The summed E-state index contributed by atoms with van der Waals surface area (Å²) in [7, 11) is 0. The van der Waals surface area contributed by atoms with Gasteiger partial charge in [-0.05, 0) is 43.0 Å². The molecule has 0 heterocycles. The Morgan fingerprint density at radius 3 is 2.40 bits per heavy atom. The van der Waals surface area contributed by atoms with Crippen LogP contribution in [0.3, 0.4) is 0 Å². The second kappa shape index (κ2) is 9.15. The van der Waals surface area contributed by atoms with E-state index in [1.807, 2.05) is 0 Å². The number of hydrogen-bond donors (Lipinski definition) is 1. The minimum atomic E-state index is -0.557. The van der Waals surface area contributed by atoms with Crippen LogP contribution < -0.4 is 10.6 Å². The molecule has 1 saturated carbocycles. The maximum atomic E-state index is 13.1. The Hall–Kier alpha value is -2.44. The van der Waals surface area contributed by atoms with Gasteiger partial charge in [-0.2, -0.15) is 0 Å². The summed E-state index contributed by atoms with van der Waals surface area (Å²) in [6.07, 6.45) is 4.57. The normalized spacial score (nSPS) is 14.3. The van der Waals surface area contributed by atoms with Gasteiger partial charge in [0, 0.05) is 25.1 Å². The standard InChI is InChI=1S/C18H23FN2O4/c19-14-5-7-15(8-6-14)21(10-9-16(20)22)17(23)12-25-18(24)11-13-3-1-2-4-13/h5-8,13H,1-4,9-12H2,(H2,20,22). The van der Waals surface area contributed by atoms with Crippen LogP contribution in [-0.4, -0.2) is 30.9 Å². The third-order valence-corrected chi connectivity index (χ3v) is 4.31.